The van der Waals surface area contributed by atoms with Crippen LogP contribution in [0.15, 0.2) is 59.8 Å². The SMILES string of the molecule is C/C=N\N1C=CC(Oc2ccc(Nc3ncnc4cc(CCCC(CC)N(CCC(C)CC)C(=O)OC(C)(C)C)c(C)nc34)cc2C)=CC1. The van der Waals surface area contributed by atoms with Crippen molar-refractivity contribution in [2.75, 3.05) is 18.4 Å². The molecule has 1 aliphatic rings. The first kappa shape index (κ1) is 37.4. The molecule has 0 saturated heterocycles. The zero-order valence-electron chi connectivity index (χ0n) is 30.9. The van der Waals surface area contributed by atoms with Crippen molar-refractivity contribution < 1.29 is 14.3 Å². The van der Waals surface area contributed by atoms with Gasteiger partial charge >= 0.3 is 6.09 Å². The third-order valence-electron chi connectivity index (χ3n) is 8.81. The van der Waals surface area contributed by atoms with E-state index in [1.807, 2.05) is 88.0 Å². The summed E-state index contributed by atoms with van der Waals surface area (Å²) in [5.41, 5.74) is 4.99. The van der Waals surface area contributed by atoms with E-state index < -0.39 is 5.60 Å². The van der Waals surface area contributed by atoms with Crippen molar-refractivity contribution in [3.05, 3.63) is 71.5 Å². The molecule has 0 radical (unpaired) electrons. The van der Waals surface area contributed by atoms with Gasteiger partial charge in [-0.2, -0.15) is 5.10 Å². The van der Waals surface area contributed by atoms with Gasteiger partial charge in [-0.15, -0.1) is 0 Å². The number of amides is 1. The highest BCUT2D eigenvalue weighted by Crippen LogP contribution is 2.29. The van der Waals surface area contributed by atoms with Gasteiger partial charge in [0.2, 0.25) is 0 Å². The quantitative estimate of drug-likeness (QED) is 0.160. The molecule has 1 aromatic carbocycles. The molecular formula is C39H55N7O3. The lowest BCUT2D eigenvalue weighted by atomic mass is 9.99. The number of pyridine rings is 1. The Hall–Kier alpha value is -4.47. The van der Waals surface area contributed by atoms with Crippen LogP contribution in [0.4, 0.5) is 16.3 Å². The van der Waals surface area contributed by atoms with Crippen molar-refractivity contribution in [2.24, 2.45) is 11.0 Å². The van der Waals surface area contributed by atoms with Gasteiger partial charge in [0.1, 0.15) is 29.0 Å². The van der Waals surface area contributed by atoms with Crippen LogP contribution < -0.4 is 10.1 Å². The van der Waals surface area contributed by atoms with Gasteiger partial charge in [-0.3, -0.25) is 5.01 Å². The van der Waals surface area contributed by atoms with E-state index in [0.29, 0.717) is 24.8 Å². The number of nitrogens with zero attached hydrogens (tertiary/aromatic N) is 6. The second-order valence-electron chi connectivity index (χ2n) is 13.9. The molecule has 1 aliphatic heterocycles. The molecule has 1 N–H and O–H groups in total. The number of hydrogen-bond donors (Lipinski definition) is 1. The Bertz CT molecular complexity index is 1660. The second-order valence-corrected chi connectivity index (χ2v) is 13.9. The Morgan fingerprint density at radius 1 is 1.14 bits per heavy atom. The second kappa shape index (κ2) is 17.3. The largest absolute Gasteiger partial charge is 0.457 e. The van der Waals surface area contributed by atoms with E-state index >= 15 is 0 Å². The molecule has 3 heterocycles. The molecule has 0 bridgehead atoms. The molecule has 264 valence electrons. The summed E-state index contributed by atoms with van der Waals surface area (Å²) in [5, 5.41) is 9.55. The zero-order valence-corrected chi connectivity index (χ0v) is 30.9. The number of hydrogen-bond acceptors (Lipinski definition) is 9. The van der Waals surface area contributed by atoms with Crippen molar-refractivity contribution >= 4 is 34.8 Å². The number of allylic oxidation sites excluding steroid dienone is 1. The molecule has 10 nitrogen and oxygen atoms in total. The lowest BCUT2D eigenvalue weighted by Gasteiger charge is -2.34. The monoisotopic (exact) mass is 669 g/mol. The molecule has 49 heavy (non-hydrogen) atoms. The van der Waals surface area contributed by atoms with E-state index in [2.05, 4.69) is 47.2 Å². The molecule has 2 unspecified atom stereocenters. The third-order valence-corrected chi connectivity index (χ3v) is 8.81. The maximum atomic E-state index is 13.3. The summed E-state index contributed by atoms with van der Waals surface area (Å²) in [6.07, 6.45) is 14.6. The molecule has 1 amide bonds. The van der Waals surface area contributed by atoms with Gasteiger partial charge in [0, 0.05) is 36.4 Å². The number of anilines is 2. The number of nitrogens with one attached hydrogen (secondary N) is 1. The van der Waals surface area contributed by atoms with Crippen molar-refractivity contribution in [1.29, 1.82) is 0 Å². The molecule has 3 aromatic rings. The molecule has 0 saturated carbocycles. The molecule has 2 aromatic heterocycles. The maximum Gasteiger partial charge on any atom is 0.410 e. The van der Waals surface area contributed by atoms with Gasteiger partial charge < -0.3 is 19.7 Å². The Morgan fingerprint density at radius 3 is 2.59 bits per heavy atom. The number of aryl methyl sites for hydroxylation is 3. The summed E-state index contributed by atoms with van der Waals surface area (Å²) in [5.74, 6) is 2.79. The molecule has 0 spiro atoms. The van der Waals surface area contributed by atoms with Gasteiger partial charge in [-0.05, 0) is 127 Å². The van der Waals surface area contributed by atoms with Crippen LogP contribution in [0.3, 0.4) is 0 Å². The number of fused-ring (bicyclic) bond motifs is 1. The number of carbonyl (C=O) groups excluding carboxylic acids is 1. The van der Waals surface area contributed by atoms with Gasteiger partial charge in [-0.25, -0.2) is 19.7 Å². The van der Waals surface area contributed by atoms with E-state index in [0.717, 1.165) is 83.6 Å². The minimum atomic E-state index is -0.526. The number of rotatable bonds is 15. The highest BCUT2D eigenvalue weighted by Gasteiger charge is 2.27. The van der Waals surface area contributed by atoms with Crippen LogP contribution in [-0.4, -0.2) is 61.9 Å². The Labute approximate surface area is 292 Å². The van der Waals surface area contributed by atoms with Crippen molar-refractivity contribution in [2.45, 2.75) is 112 Å². The van der Waals surface area contributed by atoms with Crippen LogP contribution in [0.2, 0.25) is 0 Å². The minimum Gasteiger partial charge on any atom is -0.457 e. The molecule has 0 fully saturated rings. The fraction of sp³-hybridized carbons (Fsp3) is 0.513. The number of benzene rings is 1. The highest BCUT2D eigenvalue weighted by atomic mass is 16.6. The minimum absolute atomic E-state index is 0.118. The number of carbonyl (C=O) groups is 1. The van der Waals surface area contributed by atoms with Gasteiger partial charge in [0.25, 0.3) is 0 Å². The van der Waals surface area contributed by atoms with Crippen LogP contribution >= 0.6 is 0 Å². The van der Waals surface area contributed by atoms with E-state index in [1.165, 1.54) is 0 Å². The number of hydrazone groups is 1. The highest BCUT2D eigenvalue weighted by molar-refractivity contribution is 5.87. The van der Waals surface area contributed by atoms with Crippen LogP contribution in [0, 0.1) is 19.8 Å². The van der Waals surface area contributed by atoms with Crippen LogP contribution in [0.1, 0.15) is 97.4 Å². The first-order valence-corrected chi connectivity index (χ1v) is 17.7. The van der Waals surface area contributed by atoms with Crippen LogP contribution in [-0.2, 0) is 11.2 Å². The fourth-order valence-electron chi connectivity index (χ4n) is 5.76. The standard InChI is InChI=1S/C39H55N7O3/c1-10-27(4)18-23-46(38(47)49-39(7,8)9)32(11-2)15-13-14-30-25-34-36(43-29(30)6)37(41-26-40-34)44-31-16-17-35(28(5)24-31)48-33-19-21-45(22-20-33)42-12-3/h12,16-17,19-21,24-27,32H,10-11,13-15,18,22-23H2,1-9H3,(H,40,41,44)/b42-12-. The fourth-order valence-corrected chi connectivity index (χ4v) is 5.76. The maximum absolute atomic E-state index is 13.3. The average molecular weight is 670 g/mol. The van der Waals surface area contributed by atoms with Crippen molar-refractivity contribution in [3.8, 4) is 5.75 Å². The van der Waals surface area contributed by atoms with E-state index in [9.17, 15) is 4.79 Å². The first-order chi connectivity index (χ1) is 23.4. The molecule has 10 heteroatoms. The summed E-state index contributed by atoms with van der Waals surface area (Å²) in [6.45, 7) is 19.7. The zero-order chi connectivity index (χ0) is 35.6. The predicted octanol–water partition coefficient (Wildman–Crippen LogP) is 9.26. The number of ether oxygens (including phenoxy) is 2. The van der Waals surface area contributed by atoms with Gasteiger partial charge in [0.05, 0.1) is 12.1 Å². The van der Waals surface area contributed by atoms with Gasteiger partial charge in [0.15, 0.2) is 5.82 Å². The number of aromatic nitrogens is 3. The van der Waals surface area contributed by atoms with Crippen LogP contribution in [0.5, 0.6) is 5.75 Å². The summed E-state index contributed by atoms with van der Waals surface area (Å²) in [7, 11) is 0. The summed E-state index contributed by atoms with van der Waals surface area (Å²) < 4.78 is 12.0. The molecule has 4 rings (SSSR count). The van der Waals surface area contributed by atoms with Crippen LogP contribution in [0.25, 0.3) is 11.0 Å². The van der Waals surface area contributed by atoms with E-state index in [4.69, 9.17) is 14.5 Å². The van der Waals surface area contributed by atoms with Crippen molar-refractivity contribution in [1.82, 2.24) is 24.9 Å². The average Bonchev–Trinajstić information content (AvgIpc) is 3.05. The Balaban J connectivity index is 1.42. The van der Waals surface area contributed by atoms with Gasteiger partial charge in [-0.1, -0.05) is 27.2 Å². The lowest BCUT2D eigenvalue weighted by Crippen LogP contribution is -2.44. The Kier molecular flexibility index (Phi) is 13.2. The topological polar surface area (TPSA) is 105 Å². The summed E-state index contributed by atoms with van der Waals surface area (Å²) in [4.78, 5) is 29.3. The van der Waals surface area contributed by atoms with Crippen molar-refractivity contribution in [3.63, 3.8) is 0 Å². The molecular weight excluding hydrogens is 614 g/mol. The third kappa shape index (κ3) is 10.8. The molecule has 2 atom stereocenters. The lowest BCUT2D eigenvalue weighted by molar-refractivity contribution is 0.0134. The predicted molar refractivity (Wildman–Crippen MR) is 199 cm³/mol. The smallest absolute Gasteiger partial charge is 0.410 e. The Morgan fingerprint density at radius 2 is 1.94 bits per heavy atom. The molecule has 0 aliphatic carbocycles. The summed E-state index contributed by atoms with van der Waals surface area (Å²) >= 11 is 0. The first-order valence-electron chi connectivity index (χ1n) is 17.7. The summed E-state index contributed by atoms with van der Waals surface area (Å²) in [6, 6.07) is 8.22. The normalized spacial score (nSPS) is 14.6. The van der Waals surface area contributed by atoms with E-state index in [1.54, 1.807) is 12.5 Å². The van der Waals surface area contributed by atoms with E-state index in [-0.39, 0.29) is 12.1 Å².